The number of ether oxygens (including phenoxy) is 1. The lowest BCUT2D eigenvalue weighted by atomic mass is 10.0. The van der Waals surface area contributed by atoms with E-state index in [0.29, 0.717) is 11.7 Å². The van der Waals surface area contributed by atoms with Crippen LogP contribution in [0.15, 0.2) is 84.9 Å². The summed E-state index contributed by atoms with van der Waals surface area (Å²) in [6.45, 7) is 4.26. The molecule has 1 amide bonds. The van der Waals surface area contributed by atoms with Crippen molar-refractivity contribution in [3.05, 3.63) is 90.5 Å². The molecule has 3 heteroatoms. The summed E-state index contributed by atoms with van der Waals surface area (Å²) in [5.74, 6) is 0.973. The van der Waals surface area contributed by atoms with Crippen LogP contribution in [0.5, 0.6) is 5.75 Å². The number of para-hydroxylation sites is 2. The molecule has 0 aliphatic carbocycles. The fourth-order valence-electron chi connectivity index (χ4n) is 2.58. The zero-order valence-electron chi connectivity index (χ0n) is 14.4. The molecule has 0 aliphatic heterocycles. The molecule has 0 aliphatic rings. The fourth-order valence-corrected chi connectivity index (χ4v) is 2.58. The SMILES string of the molecule is CC(C)c1ccc(OC(=O)N(c2ccccc2)c2ccccc2)cc1. The quantitative estimate of drug-likeness (QED) is 0.574. The number of benzene rings is 3. The van der Waals surface area contributed by atoms with Crippen molar-refractivity contribution in [1.82, 2.24) is 0 Å². The van der Waals surface area contributed by atoms with Gasteiger partial charge in [0.1, 0.15) is 5.75 Å². The van der Waals surface area contributed by atoms with Crippen LogP contribution in [0.25, 0.3) is 0 Å². The maximum Gasteiger partial charge on any atom is 0.424 e. The summed E-state index contributed by atoms with van der Waals surface area (Å²) in [6.07, 6.45) is -0.435. The molecule has 0 atom stereocenters. The van der Waals surface area contributed by atoms with Crippen molar-refractivity contribution in [3.63, 3.8) is 0 Å². The third kappa shape index (κ3) is 4.07. The Labute approximate surface area is 148 Å². The molecular weight excluding hydrogens is 310 g/mol. The summed E-state index contributed by atoms with van der Waals surface area (Å²) in [6, 6.07) is 26.6. The number of amides is 1. The fraction of sp³-hybridized carbons (Fsp3) is 0.136. The number of rotatable bonds is 4. The second kappa shape index (κ2) is 7.67. The Morgan fingerprint density at radius 2 is 1.24 bits per heavy atom. The normalized spacial score (nSPS) is 10.5. The van der Waals surface area contributed by atoms with Gasteiger partial charge in [-0.1, -0.05) is 62.4 Å². The molecule has 3 aromatic rings. The first-order valence-corrected chi connectivity index (χ1v) is 8.37. The average Bonchev–Trinajstić information content (AvgIpc) is 2.64. The summed E-state index contributed by atoms with van der Waals surface area (Å²) in [4.78, 5) is 14.4. The molecule has 126 valence electrons. The molecule has 0 saturated heterocycles. The second-order valence-electron chi connectivity index (χ2n) is 6.10. The lowest BCUT2D eigenvalue weighted by molar-refractivity contribution is 0.210. The first-order valence-electron chi connectivity index (χ1n) is 8.37. The van der Waals surface area contributed by atoms with Crippen molar-refractivity contribution in [2.45, 2.75) is 19.8 Å². The molecule has 25 heavy (non-hydrogen) atoms. The first-order chi connectivity index (χ1) is 12.1. The van der Waals surface area contributed by atoms with Crippen molar-refractivity contribution in [2.24, 2.45) is 0 Å². The van der Waals surface area contributed by atoms with Gasteiger partial charge in [-0.2, -0.15) is 0 Å². The summed E-state index contributed by atoms with van der Waals surface area (Å²) < 4.78 is 5.61. The lowest BCUT2D eigenvalue weighted by Gasteiger charge is -2.22. The van der Waals surface area contributed by atoms with Gasteiger partial charge in [-0.3, -0.25) is 0 Å². The van der Waals surface area contributed by atoms with Crippen molar-refractivity contribution >= 4 is 17.5 Å². The van der Waals surface area contributed by atoms with Gasteiger partial charge >= 0.3 is 6.09 Å². The molecule has 3 aromatic carbocycles. The van der Waals surface area contributed by atoms with Gasteiger partial charge in [-0.25, -0.2) is 9.69 Å². The highest BCUT2D eigenvalue weighted by atomic mass is 16.6. The molecule has 0 N–H and O–H groups in total. The molecule has 0 fully saturated rings. The van der Waals surface area contributed by atoms with Gasteiger partial charge in [0, 0.05) is 0 Å². The van der Waals surface area contributed by atoms with E-state index in [1.54, 1.807) is 4.90 Å². The Bertz CT molecular complexity index is 772. The topological polar surface area (TPSA) is 29.5 Å². The Balaban J connectivity index is 1.87. The number of anilines is 2. The van der Waals surface area contributed by atoms with Crippen LogP contribution in [0.4, 0.5) is 16.2 Å². The van der Waals surface area contributed by atoms with E-state index in [2.05, 4.69) is 13.8 Å². The third-order valence-corrected chi connectivity index (χ3v) is 3.96. The summed E-state index contributed by atoms with van der Waals surface area (Å²) in [5.41, 5.74) is 2.73. The number of nitrogens with zero attached hydrogens (tertiary/aromatic N) is 1. The number of hydrogen-bond donors (Lipinski definition) is 0. The van der Waals surface area contributed by atoms with E-state index in [1.165, 1.54) is 5.56 Å². The highest BCUT2D eigenvalue weighted by Gasteiger charge is 2.20. The standard InChI is InChI=1S/C22H21NO2/c1-17(2)18-13-15-21(16-14-18)25-22(24)23(19-9-5-3-6-10-19)20-11-7-4-8-12-20/h3-17H,1-2H3. The summed E-state index contributed by atoms with van der Waals surface area (Å²) in [5, 5.41) is 0. The van der Waals surface area contributed by atoms with Crippen molar-refractivity contribution < 1.29 is 9.53 Å². The van der Waals surface area contributed by atoms with Crippen molar-refractivity contribution in [3.8, 4) is 5.75 Å². The molecule has 0 aromatic heterocycles. The number of hydrogen-bond acceptors (Lipinski definition) is 2. The maximum absolute atomic E-state index is 12.8. The molecule has 0 spiro atoms. The van der Waals surface area contributed by atoms with Gasteiger partial charge in [0.05, 0.1) is 11.4 Å². The third-order valence-electron chi connectivity index (χ3n) is 3.96. The van der Waals surface area contributed by atoms with E-state index in [0.717, 1.165) is 11.4 Å². The van der Waals surface area contributed by atoms with Gasteiger partial charge in [0.25, 0.3) is 0 Å². The predicted molar refractivity (Wildman–Crippen MR) is 102 cm³/mol. The first kappa shape index (κ1) is 16.8. The predicted octanol–water partition coefficient (Wildman–Crippen LogP) is 6.15. The molecule has 3 rings (SSSR count). The van der Waals surface area contributed by atoms with Gasteiger partial charge in [0.15, 0.2) is 0 Å². The number of carbonyl (C=O) groups excluding carboxylic acids is 1. The average molecular weight is 331 g/mol. The van der Waals surface area contributed by atoms with Crippen molar-refractivity contribution in [2.75, 3.05) is 4.90 Å². The monoisotopic (exact) mass is 331 g/mol. The zero-order chi connectivity index (χ0) is 17.6. The molecule has 0 saturated carbocycles. The summed E-state index contributed by atoms with van der Waals surface area (Å²) in [7, 11) is 0. The minimum absolute atomic E-state index is 0.435. The molecule has 0 unspecified atom stereocenters. The van der Waals surface area contributed by atoms with Crippen LogP contribution in [0.1, 0.15) is 25.3 Å². The van der Waals surface area contributed by atoms with E-state index in [-0.39, 0.29) is 0 Å². The van der Waals surface area contributed by atoms with Crippen LogP contribution >= 0.6 is 0 Å². The van der Waals surface area contributed by atoms with Crippen LogP contribution in [-0.4, -0.2) is 6.09 Å². The van der Waals surface area contributed by atoms with E-state index >= 15 is 0 Å². The molecule has 3 nitrogen and oxygen atoms in total. The maximum atomic E-state index is 12.8. The molecular formula is C22H21NO2. The van der Waals surface area contributed by atoms with Crippen LogP contribution in [0.2, 0.25) is 0 Å². The van der Waals surface area contributed by atoms with Crippen LogP contribution < -0.4 is 9.64 Å². The molecule has 0 bridgehead atoms. The van der Waals surface area contributed by atoms with E-state index < -0.39 is 6.09 Å². The lowest BCUT2D eigenvalue weighted by Crippen LogP contribution is -2.29. The Morgan fingerprint density at radius 1 is 0.760 bits per heavy atom. The highest BCUT2D eigenvalue weighted by Crippen LogP contribution is 2.27. The zero-order valence-corrected chi connectivity index (χ0v) is 14.4. The minimum Gasteiger partial charge on any atom is -0.410 e. The van der Waals surface area contributed by atoms with Crippen LogP contribution in [-0.2, 0) is 0 Å². The van der Waals surface area contributed by atoms with E-state index in [1.807, 2.05) is 84.9 Å². The van der Waals surface area contributed by atoms with E-state index in [9.17, 15) is 4.79 Å². The minimum atomic E-state index is -0.435. The number of carbonyl (C=O) groups is 1. The van der Waals surface area contributed by atoms with Crippen LogP contribution in [0.3, 0.4) is 0 Å². The molecule has 0 radical (unpaired) electrons. The summed E-state index contributed by atoms with van der Waals surface area (Å²) >= 11 is 0. The largest absolute Gasteiger partial charge is 0.424 e. The second-order valence-corrected chi connectivity index (χ2v) is 6.10. The highest BCUT2D eigenvalue weighted by molar-refractivity contribution is 5.97. The van der Waals surface area contributed by atoms with Crippen LogP contribution in [0, 0.1) is 0 Å². The Hall–Kier alpha value is -3.07. The Kier molecular flexibility index (Phi) is 5.14. The van der Waals surface area contributed by atoms with Gasteiger partial charge in [-0.15, -0.1) is 0 Å². The molecule has 0 heterocycles. The smallest absolute Gasteiger partial charge is 0.410 e. The Morgan fingerprint density at radius 3 is 1.68 bits per heavy atom. The van der Waals surface area contributed by atoms with Gasteiger partial charge in [0.2, 0.25) is 0 Å². The van der Waals surface area contributed by atoms with Crippen molar-refractivity contribution in [1.29, 1.82) is 0 Å². The van der Waals surface area contributed by atoms with Gasteiger partial charge < -0.3 is 4.74 Å². The van der Waals surface area contributed by atoms with Gasteiger partial charge in [-0.05, 0) is 47.9 Å². The van der Waals surface area contributed by atoms with E-state index in [4.69, 9.17) is 4.74 Å².